The van der Waals surface area contributed by atoms with Crippen LogP contribution in [0.2, 0.25) is 0 Å². The van der Waals surface area contributed by atoms with Crippen molar-refractivity contribution < 1.29 is 19.1 Å². The summed E-state index contributed by atoms with van der Waals surface area (Å²) in [6, 6.07) is 0. The number of ketones is 1. The van der Waals surface area contributed by atoms with Crippen molar-refractivity contribution in [1.82, 2.24) is 0 Å². The fourth-order valence-corrected chi connectivity index (χ4v) is 2.58. The second-order valence-corrected chi connectivity index (χ2v) is 6.25. The van der Waals surface area contributed by atoms with Crippen LogP contribution in [-0.2, 0) is 19.1 Å². The molecule has 0 spiro atoms. The van der Waals surface area contributed by atoms with E-state index in [1.54, 1.807) is 14.0 Å². The zero-order valence-corrected chi connectivity index (χ0v) is 18.5. The summed E-state index contributed by atoms with van der Waals surface area (Å²) in [5.41, 5.74) is 0. The standard InChI is InChI=1S/C15H30O2.C4H8O2.C2H6/c1-7-9-10-12(4)15(17-6)13(5)14(16)11(3)8-2;1-3-4(5)6-2;1-2/h11-13,15H,7-10H2,1-6H3;3H2,1-2H3;1-2H3/t11-,12+,13+,15+;;/m1../s1. The summed E-state index contributed by atoms with van der Waals surface area (Å²) in [4.78, 5) is 22.1. The normalized spacial score (nSPS) is 14.6. The molecule has 0 unspecified atom stereocenters. The van der Waals surface area contributed by atoms with Crippen LogP contribution in [0, 0.1) is 17.8 Å². The van der Waals surface area contributed by atoms with Crippen molar-refractivity contribution in [3.63, 3.8) is 0 Å². The third-order valence-corrected chi connectivity index (χ3v) is 4.40. The average molecular weight is 361 g/mol. The number of esters is 1. The highest BCUT2D eigenvalue weighted by Crippen LogP contribution is 2.24. The molecule has 4 nitrogen and oxygen atoms in total. The molecule has 0 radical (unpaired) electrons. The van der Waals surface area contributed by atoms with Gasteiger partial charge in [0.15, 0.2) is 0 Å². The Hall–Kier alpha value is -0.900. The van der Waals surface area contributed by atoms with E-state index in [1.807, 2.05) is 27.7 Å². The van der Waals surface area contributed by atoms with Gasteiger partial charge in [-0.05, 0) is 18.8 Å². The number of hydrogen-bond donors (Lipinski definition) is 0. The van der Waals surface area contributed by atoms with Crippen LogP contribution < -0.4 is 0 Å². The van der Waals surface area contributed by atoms with E-state index in [0.29, 0.717) is 18.1 Å². The van der Waals surface area contributed by atoms with Gasteiger partial charge >= 0.3 is 5.97 Å². The Morgan fingerprint density at radius 2 is 1.48 bits per heavy atom. The van der Waals surface area contributed by atoms with Crippen molar-refractivity contribution in [2.75, 3.05) is 14.2 Å². The predicted molar refractivity (Wildman–Crippen MR) is 107 cm³/mol. The molecule has 25 heavy (non-hydrogen) atoms. The van der Waals surface area contributed by atoms with Crippen molar-refractivity contribution >= 4 is 11.8 Å². The molecule has 4 heteroatoms. The quantitative estimate of drug-likeness (QED) is 0.471. The number of ether oxygens (including phenoxy) is 2. The smallest absolute Gasteiger partial charge is 0.305 e. The molecule has 0 aromatic rings. The summed E-state index contributed by atoms with van der Waals surface area (Å²) in [5.74, 6) is 0.823. The Morgan fingerprint density at radius 3 is 1.76 bits per heavy atom. The van der Waals surface area contributed by atoms with Crippen LogP contribution >= 0.6 is 0 Å². The maximum absolute atomic E-state index is 12.2. The lowest BCUT2D eigenvalue weighted by Crippen LogP contribution is -2.35. The van der Waals surface area contributed by atoms with E-state index in [0.717, 1.165) is 12.8 Å². The number of hydrogen-bond acceptors (Lipinski definition) is 4. The molecule has 0 aliphatic rings. The zero-order valence-electron chi connectivity index (χ0n) is 18.5. The van der Waals surface area contributed by atoms with Gasteiger partial charge in [-0.2, -0.15) is 0 Å². The molecule has 4 atom stereocenters. The number of carbonyl (C=O) groups is 2. The molecular weight excluding hydrogens is 316 g/mol. The average Bonchev–Trinajstić information content (AvgIpc) is 2.66. The maximum Gasteiger partial charge on any atom is 0.305 e. The van der Waals surface area contributed by atoms with Gasteiger partial charge in [0.05, 0.1) is 13.2 Å². The minimum atomic E-state index is -0.157. The fraction of sp³-hybridized carbons (Fsp3) is 0.905. The molecule has 0 rings (SSSR count). The molecule has 0 saturated heterocycles. The lowest BCUT2D eigenvalue weighted by atomic mass is 9.83. The van der Waals surface area contributed by atoms with Gasteiger partial charge in [-0.1, -0.05) is 68.2 Å². The first kappa shape index (κ1) is 28.9. The monoisotopic (exact) mass is 360 g/mol. The van der Waals surface area contributed by atoms with E-state index in [2.05, 4.69) is 25.5 Å². The topological polar surface area (TPSA) is 52.6 Å². The maximum atomic E-state index is 12.2. The van der Waals surface area contributed by atoms with E-state index in [9.17, 15) is 9.59 Å². The fourth-order valence-electron chi connectivity index (χ4n) is 2.58. The molecule has 0 heterocycles. The largest absolute Gasteiger partial charge is 0.469 e. The molecule has 0 bridgehead atoms. The lowest BCUT2D eigenvalue weighted by Gasteiger charge is -2.29. The number of methoxy groups -OCH3 is 2. The summed E-state index contributed by atoms with van der Waals surface area (Å²) in [6.45, 7) is 16.3. The van der Waals surface area contributed by atoms with Crippen molar-refractivity contribution in [1.29, 1.82) is 0 Å². The van der Waals surface area contributed by atoms with Gasteiger partial charge in [0.2, 0.25) is 0 Å². The third-order valence-electron chi connectivity index (χ3n) is 4.40. The first-order valence-corrected chi connectivity index (χ1v) is 9.93. The van der Waals surface area contributed by atoms with Crippen LogP contribution in [0.25, 0.3) is 0 Å². The van der Waals surface area contributed by atoms with Crippen LogP contribution in [0.5, 0.6) is 0 Å². The molecule has 0 amide bonds. The Balaban J connectivity index is -0.000000507. The van der Waals surface area contributed by atoms with E-state index in [4.69, 9.17) is 4.74 Å². The summed E-state index contributed by atoms with van der Waals surface area (Å²) in [5, 5.41) is 0. The summed E-state index contributed by atoms with van der Waals surface area (Å²) >= 11 is 0. The molecule has 0 aromatic carbocycles. The van der Waals surface area contributed by atoms with Gasteiger partial charge in [0.25, 0.3) is 0 Å². The van der Waals surface area contributed by atoms with Crippen molar-refractivity contribution in [3.05, 3.63) is 0 Å². The van der Waals surface area contributed by atoms with Crippen LogP contribution in [0.15, 0.2) is 0 Å². The second-order valence-electron chi connectivity index (χ2n) is 6.25. The first-order chi connectivity index (χ1) is 11.8. The van der Waals surface area contributed by atoms with E-state index in [-0.39, 0.29) is 23.9 Å². The number of carbonyl (C=O) groups excluding carboxylic acids is 2. The SMILES string of the molecule is CC.CCC(=O)OC.CCCC[C@H](C)[C@H](OC)[C@@H](C)C(=O)[C@H](C)CC. The number of unbranched alkanes of at least 4 members (excludes halogenated alkanes) is 1. The molecule has 0 aromatic heterocycles. The molecule has 0 fully saturated rings. The third kappa shape index (κ3) is 14.0. The Morgan fingerprint density at radius 1 is 0.960 bits per heavy atom. The van der Waals surface area contributed by atoms with Crippen molar-refractivity contribution in [2.24, 2.45) is 17.8 Å². The molecule has 0 saturated carbocycles. The second kappa shape index (κ2) is 19.4. The Kier molecular flexibility index (Phi) is 22.4. The van der Waals surface area contributed by atoms with Crippen LogP contribution in [-0.4, -0.2) is 32.1 Å². The molecule has 152 valence electrons. The minimum Gasteiger partial charge on any atom is -0.469 e. The molecular formula is C21H44O4. The molecule has 0 aliphatic heterocycles. The van der Waals surface area contributed by atoms with Gasteiger partial charge in [-0.25, -0.2) is 0 Å². The highest BCUT2D eigenvalue weighted by Gasteiger charge is 2.30. The molecule has 0 aliphatic carbocycles. The van der Waals surface area contributed by atoms with Gasteiger partial charge in [0.1, 0.15) is 5.78 Å². The predicted octanol–water partition coefficient (Wildman–Crippen LogP) is 5.67. The lowest BCUT2D eigenvalue weighted by molar-refractivity contribution is -0.140. The van der Waals surface area contributed by atoms with Crippen LogP contribution in [0.4, 0.5) is 0 Å². The van der Waals surface area contributed by atoms with E-state index < -0.39 is 0 Å². The first-order valence-electron chi connectivity index (χ1n) is 9.93. The Bertz CT molecular complexity index is 309. The summed E-state index contributed by atoms with van der Waals surface area (Å²) in [6.07, 6.45) is 5.02. The highest BCUT2D eigenvalue weighted by atomic mass is 16.5. The number of rotatable bonds is 10. The van der Waals surface area contributed by atoms with E-state index >= 15 is 0 Å². The van der Waals surface area contributed by atoms with Crippen molar-refractivity contribution in [2.45, 2.75) is 93.6 Å². The van der Waals surface area contributed by atoms with Gasteiger partial charge in [-0.3, -0.25) is 9.59 Å². The zero-order chi connectivity index (χ0) is 20.4. The van der Waals surface area contributed by atoms with Crippen molar-refractivity contribution in [3.8, 4) is 0 Å². The summed E-state index contributed by atoms with van der Waals surface area (Å²) in [7, 11) is 3.11. The van der Waals surface area contributed by atoms with Crippen LogP contribution in [0.1, 0.15) is 87.5 Å². The summed E-state index contributed by atoms with van der Waals surface area (Å²) < 4.78 is 9.83. The molecule has 0 N–H and O–H groups in total. The Labute approximate surface area is 157 Å². The minimum absolute atomic E-state index is 0.0156. The number of Topliss-reactive ketones (excluding diaryl/α,β-unsaturated/α-hetero) is 1. The van der Waals surface area contributed by atoms with Gasteiger partial charge in [0, 0.05) is 25.4 Å². The van der Waals surface area contributed by atoms with E-state index in [1.165, 1.54) is 20.0 Å². The van der Waals surface area contributed by atoms with Gasteiger partial charge < -0.3 is 9.47 Å². The van der Waals surface area contributed by atoms with Crippen LogP contribution in [0.3, 0.4) is 0 Å². The van der Waals surface area contributed by atoms with Gasteiger partial charge in [-0.15, -0.1) is 0 Å². The highest BCUT2D eigenvalue weighted by molar-refractivity contribution is 5.83.